The van der Waals surface area contributed by atoms with Gasteiger partial charge in [0.1, 0.15) is 0 Å². The summed E-state index contributed by atoms with van der Waals surface area (Å²) in [5, 5.41) is -0.0844. The number of rotatable bonds is 6. The van der Waals surface area contributed by atoms with Crippen LogP contribution in [0, 0.1) is 0 Å². The monoisotopic (exact) mass is 238 g/mol. The lowest BCUT2D eigenvalue weighted by atomic mass is 10.3. The molecule has 0 atom stereocenters. The molecule has 2 nitrogen and oxygen atoms in total. The van der Waals surface area contributed by atoms with Crippen LogP contribution in [0.1, 0.15) is 47.5 Å². The predicted molar refractivity (Wildman–Crippen MR) is 63.8 cm³/mol. The Kier molecular flexibility index (Phi) is 6.29. The Morgan fingerprint density at radius 1 is 1.00 bits per heavy atom. The molecule has 0 aliphatic carbocycles. The summed E-state index contributed by atoms with van der Waals surface area (Å²) >= 11 is 6.47. The predicted octanol–water partition coefficient (Wildman–Crippen LogP) is 3.82. The van der Waals surface area contributed by atoms with Crippen LogP contribution in [-0.4, -0.2) is 21.1 Å². The van der Waals surface area contributed by atoms with Gasteiger partial charge in [0.2, 0.25) is 0 Å². The van der Waals surface area contributed by atoms with E-state index < -0.39 is 7.87 Å². The second-order valence-electron chi connectivity index (χ2n) is 4.48. The van der Waals surface area contributed by atoms with E-state index in [1.807, 2.05) is 0 Å². The molecule has 4 heteroatoms. The summed E-state index contributed by atoms with van der Waals surface area (Å²) in [5.74, 6) is 0. The highest BCUT2D eigenvalue weighted by Gasteiger charge is 2.48. The molecule has 0 saturated heterocycles. The third-order valence-corrected chi connectivity index (χ3v) is 7.18. The number of hydrogen-bond donors (Lipinski definition) is 0. The minimum Gasteiger partial charge on any atom is -0.383 e. The van der Waals surface area contributed by atoms with Crippen LogP contribution in [0.5, 0.6) is 0 Å². The summed E-state index contributed by atoms with van der Waals surface area (Å²) in [5.41, 5.74) is 0. The van der Waals surface area contributed by atoms with Gasteiger partial charge in [-0.2, -0.15) is 0 Å². The Bertz CT molecular complexity index is 149. The van der Waals surface area contributed by atoms with Crippen molar-refractivity contribution in [3.8, 4) is 0 Å². The summed E-state index contributed by atoms with van der Waals surface area (Å²) in [6.45, 7) is 11.8. The topological polar surface area (TPSA) is 18.5 Å². The molecule has 14 heavy (non-hydrogen) atoms. The van der Waals surface area contributed by atoms with E-state index in [4.69, 9.17) is 19.9 Å². The highest BCUT2D eigenvalue weighted by Crippen LogP contribution is 2.40. The molecule has 0 saturated carbocycles. The van der Waals surface area contributed by atoms with Crippen molar-refractivity contribution in [3.63, 3.8) is 0 Å². The molecule has 0 N–H and O–H groups in total. The zero-order valence-corrected chi connectivity index (χ0v) is 11.8. The molecular formula is C10H23ClO2Si. The lowest BCUT2D eigenvalue weighted by molar-refractivity contribution is 0.167. The van der Waals surface area contributed by atoms with Gasteiger partial charge in [0.25, 0.3) is 0 Å². The van der Waals surface area contributed by atoms with Crippen molar-refractivity contribution in [2.45, 2.75) is 52.5 Å². The van der Waals surface area contributed by atoms with Gasteiger partial charge in [-0.05, 0) is 12.8 Å². The molecule has 0 rings (SSSR count). The lowest BCUT2D eigenvalue weighted by Crippen LogP contribution is -2.45. The average molecular weight is 239 g/mol. The van der Waals surface area contributed by atoms with E-state index in [0.29, 0.717) is 13.2 Å². The van der Waals surface area contributed by atoms with E-state index in [1.54, 1.807) is 0 Å². The fourth-order valence-electron chi connectivity index (χ4n) is 0.941. The second kappa shape index (κ2) is 6.11. The molecule has 86 valence electrons. The first-order chi connectivity index (χ1) is 6.37. The Hall–Kier alpha value is 0.427. The van der Waals surface area contributed by atoms with Gasteiger partial charge >= 0.3 is 7.87 Å². The Morgan fingerprint density at radius 2 is 1.36 bits per heavy atom. The molecule has 0 aliphatic rings. The van der Waals surface area contributed by atoms with E-state index in [2.05, 4.69) is 34.6 Å². The minimum atomic E-state index is -2.52. The molecule has 0 heterocycles. The van der Waals surface area contributed by atoms with Gasteiger partial charge in [-0.25, -0.2) is 0 Å². The Balaban J connectivity index is 4.33. The van der Waals surface area contributed by atoms with Crippen molar-refractivity contribution in [3.05, 3.63) is 0 Å². The maximum atomic E-state index is 6.47. The molecule has 0 bridgehead atoms. The van der Waals surface area contributed by atoms with Gasteiger partial charge in [-0.3, -0.25) is 0 Å². The molecule has 0 aromatic heterocycles. The molecule has 0 amide bonds. The largest absolute Gasteiger partial charge is 0.448 e. The standard InChI is InChI=1S/C10H23ClO2Si/c1-6-8-12-14(11,10(3,4)5)13-9-7-2/h6-9H2,1-5H3. The molecular weight excluding hydrogens is 216 g/mol. The second-order valence-corrected chi connectivity index (χ2v) is 9.13. The van der Waals surface area contributed by atoms with E-state index >= 15 is 0 Å². The molecule has 0 fully saturated rings. The van der Waals surface area contributed by atoms with Crippen LogP contribution in [0.25, 0.3) is 0 Å². The normalized spacial score (nSPS) is 13.3. The van der Waals surface area contributed by atoms with Crippen LogP contribution < -0.4 is 0 Å². The van der Waals surface area contributed by atoms with Crippen LogP contribution >= 0.6 is 11.1 Å². The van der Waals surface area contributed by atoms with Crippen LogP contribution in [0.3, 0.4) is 0 Å². The summed E-state index contributed by atoms with van der Waals surface area (Å²) in [6, 6.07) is 0. The zero-order valence-electron chi connectivity index (χ0n) is 10.0. The van der Waals surface area contributed by atoms with Crippen molar-refractivity contribution in [2.75, 3.05) is 13.2 Å². The summed E-state index contributed by atoms with van der Waals surface area (Å²) < 4.78 is 11.5. The minimum absolute atomic E-state index is 0.0844. The lowest BCUT2D eigenvalue weighted by Gasteiger charge is -2.35. The summed E-state index contributed by atoms with van der Waals surface area (Å²) in [6.07, 6.45) is 1.96. The van der Waals surface area contributed by atoms with Gasteiger partial charge in [-0.1, -0.05) is 45.7 Å². The van der Waals surface area contributed by atoms with Gasteiger partial charge in [0.05, 0.1) is 0 Å². The van der Waals surface area contributed by atoms with Crippen molar-refractivity contribution in [1.29, 1.82) is 0 Å². The van der Waals surface area contributed by atoms with Crippen LogP contribution in [-0.2, 0) is 8.85 Å². The van der Waals surface area contributed by atoms with Crippen LogP contribution in [0.4, 0.5) is 0 Å². The smallest absolute Gasteiger partial charge is 0.383 e. The van der Waals surface area contributed by atoms with Gasteiger partial charge in [0, 0.05) is 18.3 Å². The van der Waals surface area contributed by atoms with E-state index in [-0.39, 0.29) is 5.04 Å². The van der Waals surface area contributed by atoms with E-state index in [0.717, 1.165) is 12.8 Å². The fraction of sp³-hybridized carbons (Fsp3) is 1.00. The van der Waals surface area contributed by atoms with Crippen LogP contribution in [0.2, 0.25) is 5.04 Å². The maximum absolute atomic E-state index is 6.47. The summed E-state index contributed by atoms with van der Waals surface area (Å²) in [4.78, 5) is 0. The third-order valence-electron chi connectivity index (χ3n) is 1.88. The van der Waals surface area contributed by atoms with Crippen molar-refractivity contribution >= 4 is 18.9 Å². The molecule has 0 aromatic carbocycles. The van der Waals surface area contributed by atoms with Crippen molar-refractivity contribution < 1.29 is 8.85 Å². The SMILES string of the molecule is CCCO[Si](Cl)(OCCC)C(C)(C)C. The first-order valence-electron chi connectivity index (χ1n) is 5.34. The Morgan fingerprint density at radius 3 is 1.57 bits per heavy atom. The highest BCUT2D eigenvalue weighted by molar-refractivity contribution is 7.14. The van der Waals surface area contributed by atoms with Gasteiger partial charge in [-0.15, -0.1) is 0 Å². The maximum Gasteiger partial charge on any atom is 0.448 e. The molecule has 0 aliphatic heterocycles. The molecule has 0 unspecified atom stereocenters. The molecule has 0 radical (unpaired) electrons. The van der Waals surface area contributed by atoms with E-state index in [9.17, 15) is 0 Å². The van der Waals surface area contributed by atoms with Gasteiger partial charge < -0.3 is 8.85 Å². The fourth-order valence-corrected chi connectivity index (χ4v) is 3.29. The van der Waals surface area contributed by atoms with Gasteiger partial charge in [0.15, 0.2) is 0 Å². The Labute approximate surface area is 93.9 Å². The first kappa shape index (κ1) is 14.4. The van der Waals surface area contributed by atoms with Crippen molar-refractivity contribution in [1.82, 2.24) is 0 Å². The number of hydrogen-bond acceptors (Lipinski definition) is 2. The molecule has 0 spiro atoms. The average Bonchev–Trinajstić information content (AvgIpc) is 2.09. The van der Waals surface area contributed by atoms with Crippen LogP contribution in [0.15, 0.2) is 0 Å². The first-order valence-corrected chi connectivity index (χ1v) is 8.17. The highest BCUT2D eigenvalue weighted by atomic mass is 35.6. The number of halogens is 1. The quantitative estimate of drug-likeness (QED) is 0.518. The summed E-state index contributed by atoms with van der Waals surface area (Å²) in [7, 11) is -2.52. The van der Waals surface area contributed by atoms with E-state index in [1.165, 1.54) is 0 Å². The third kappa shape index (κ3) is 4.30. The zero-order chi connectivity index (χ0) is 11.2. The van der Waals surface area contributed by atoms with Crippen molar-refractivity contribution in [2.24, 2.45) is 0 Å². The molecule has 0 aromatic rings.